The van der Waals surface area contributed by atoms with Crippen LogP contribution in [0.15, 0.2) is 29.2 Å². The first-order valence-electron chi connectivity index (χ1n) is 7.22. The maximum Gasteiger partial charge on any atom is 0.172 e. The van der Waals surface area contributed by atoms with E-state index in [0.29, 0.717) is 6.61 Å². The SMILES string of the molecule is CO[C@@H]1OC[C@H]2OC(C)(C)O[C@H]2[C@@H]1Sc1ccc(C)cc1. The first kappa shape index (κ1) is 15.3. The first-order chi connectivity index (χ1) is 9.98. The van der Waals surface area contributed by atoms with E-state index in [2.05, 4.69) is 31.2 Å². The highest BCUT2D eigenvalue weighted by Gasteiger charge is 2.51. The molecule has 2 aliphatic heterocycles. The maximum absolute atomic E-state index is 6.09. The van der Waals surface area contributed by atoms with E-state index in [4.69, 9.17) is 18.9 Å². The molecule has 0 saturated carbocycles. The molecule has 116 valence electrons. The Morgan fingerprint density at radius 1 is 1.19 bits per heavy atom. The van der Waals surface area contributed by atoms with Gasteiger partial charge in [-0.1, -0.05) is 17.7 Å². The maximum atomic E-state index is 6.09. The van der Waals surface area contributed by atoms with Crippen molar-refractivity contribution in [2.75, 3.05) is 13.7 Å². The van der Waals surface area contributed by atoms with Crippen molar-refractivity contribution < 1.29 is 18.9 Å². The Bertz CT molecular complexity index is 488. The third-order valence-corrected chi connectivity index (χ3v) is 5.07. The Balaban J connectivity index is 1.80. The van der Waals surface area contributed by atoms with E-state index in [9.17, 15) is 0 Å². The summed E-state index contributed by atoms with van der Waals surface area (Å²) in [6.45, 7) is 6.49. The van der Waals surface area contributed by atoms with E-state index in [1.54, 1.807) is 18.9 Å². The number of ether oxygens (including phenoxy) is 4. The third-order valence-electron chi connectivity index (χ3n) is 3.76. The van der Waals surface area contributed by atoms with Crippen LogP contribution in [0.1, 0.15) is 19.4 Å². The largest absolute Gasteiger partial charge is 0.355 e. The molecule has 4 nitrogen and oxygen atoms in total. The van der Waals surface area contributed by atoms with Crippen LogP contribution < -0.4 is 0 Å². The lowest BCUT2D eigenvalue weighted by Crippen LogP contribution is -2.50. The van der Waals surface area contributed by atoms with Gasteiger partial charge in [0, 0.05) is 12.0 Å². The van der Waals surface area contributed by atoms with Crippen LogP contribution in [0.5, 0.6) is 0 Å². The summed E-state index contributed by atoms with van der Waals surface area (Å²) in [6.07, 6.45) is -0.339. The second-order valence-electron chi connectivity index (χ2n) is 5.97. The molecule has 0 aliphatic carbocycles. The molecule has 2 heterocycles. The van der Waals surface area contributed by atoms with Crippen molar-refractivity contribution in [2.24, 2.45) is 0 Å². The first-order valence-corrected chi connectivity index (χ1v) is 8.10. The van der Waals surface area contributed by atoms with Crippen molar-refractivity contribution >= 4 is 11.8 Å². The molecular weight excluding hydrogens is 288 g/mol. The summed E-state index contributed by atoms with van der Waals surface area (Å²) >= 11 is 1.73. The number of rotatable bonds is 3. The number of hydrogen-bond acceptors (Lipinski definition) is 5. The zero-order valence-electron chi connectivity index (χ0n) is 12.9. The number of fused-ring (bicyclic) bond motifs is 1. The van der Waals surface area contributed by atoms with Crippen molar-refractivity contribution in [2.45, 2.75) is 55.2 Å². The monoisotopic (exact) mass is 310 g/mol. The third kappa shape index (κ3) is 3.27. The van der Waals surface area contributed by atoms with Gasteiger partial charge in [-0.05, 0) is 32.9 Å². The van der Waals surface area contributed by atoms with Crippen molar-refractivity contribution in [3.8, 4) is 0 Å². The molecule has 5 heteroatoms. The molecule has 2 saturated heterocycles. The molecule has 0 N–H and O–H groups in total. The molecule has 2 fully saturated rings. The van der Waals surface area contributed by atoms with Crippen LogP contribution in [0.3, 0.4) is 0 Å². The molecule has 21 heavy (non-hydrogen) atoms. The van der Waals surface area contributed by atoms with Gasteiger partial charge in [-0.25, -0.2) is 0 Å². The summed E-state index contributed by atoms with van der Waals surface area (Å²) in [5, 5.41) is 0.0539. The van der Waals surface area contributed by atoms with Gasteiger partial charge >= 0.3 is 0 Å². The van der Waals surface area contributed by atoms with Crippen molar-refractivity contribution in [3.05, 3.63) is 29.8 Å². The van der Waals surface area contributed by atoms with E-state index in [1.807, 2.05) is 13.8 Å². The van der Waals surface area contributed by atoms with E-state index < -0.39 is 5.79 Å². The van der Waals surface area contributed by atoms with Crippen LogP contribution in [0.25, 0.3) is 0 Å². The van der Waals surface area contributed by atoms with E-state index >= 15 is 0 Å². The number of methoxy groups -OCH3 is 1. The highest BCUT2D eigenvalue weighted by molar-refractivity contribution is 8.00. The van der Waals surface area contributed by atoms with Gasteiger partial charge in [-0.3, -0.25) is 0 Å². The van der Waals surface area contributed by atoms with Gasteiger partial charge in [0.2, 0.25) is 0 Å². The van der Waals surface area contributed by atoms with Gasteiger partial charge in [0.05, 0.1) is 11.9 Å². The molecule has 0 aromatic heterocycles. The van der Waals surface area contributed by atoms with Crippen LogP contribution in [0.4, 0.5) is 0 Å². The minimum atomic E-state index is -0.562. The summed E-state index contributed by atoms with van der Waals surface area (Å²) in [5.41, 5.74) is 1.25. The fourth-order valence-electron chi connectivity index (χ4n) is 2.81. The molecule has 0 radical (unpaired) electrons. The van der Waals surface area contributed by atoms with Crippen LogP contribution in [-0.2, 0) is 18.9 Å². The lowest BCUT2D eigenvalue weighted by molar-refractivity contribution is -0.178. The van der Waals surface area contributed by atoms with Crippen molar-refractivity contribution in [1.29, 1.82) is 0 Å². The number of hydrogen-bond donors (Lipinski definition) is 0. The Kier molecular flexibility index (Phi) is 4.30. The Morgan fingerprint density at radius 3 is 2.57 bits per heavy atom. The lowest BCUT2D eigenvalue weighted by atomic mass is 10.1. The van der Waals surface area contributed by atoms with Crippen LogP contribution >= 0.6 is 11.8 Å². The fraction of sp³-hybridized carbons (Fsp3) is 0.625. The molecular formula is C16H22O4S. The zero-order chi connectivity index (χ0) is 15.0. The average Bonchev–Trinajstić information content (AvgIpc) is 2.76. The predicted molar refractivity (Wildman–Crippen MR) is 81.4 cm³/mol. The Labute approximate surface area is 130 Å². The second kappa shape index (κ2) is 5.89. The summed E-state index contributed by atoms with van der Waals surface area (Å²) < 4.78 is 23.3. The number of benzene rings is 1. The molecule has 0 spiro atoms. The summed E-state index contributed by atoms with van der Waals surface area (Å²) in [7, 11) is 1.68. The van der Waals surface area contributed by atoms with Crippen LogP contribution in [0.2, 0.25) is 0 Å². The summed E-state index contributed by atoms with van der Waals surface area (Å²) in [6, 6.07) is 8.47. The van der Waals surface area contributed by atoms with Gasteiger partial charge < -0.3 is 18.9 Å². The van der Waals surface area contributed by atoms with E-state index in [0.717, 1.165) is 0 Å². The zero-order valence-corrected chi connectivity index (χ0v) is 13.7. The smallest absolute Gasteiger partial charge is 0.172 e. The fourth-order valence-corrected chi connectivity index (χ4v) is 4.08. The Morgan fingerprint density at radius 2 is 1.90 bits per heavy atom. The number of aryl methyl sites for hydroxylation is 1. The normalized spacial score (nSPS) is 34.7. The average molecular weight is 310 g/mol. The van der Waals surface area contributed by atoms with Crippen molar-refractivity contribution in [3.63, 3.8) is 0 Å². The topological polar surface area (TPSA) is 36.9 Å². The molecule has 1 aromatic carbocycles. The Hall–Kier alpha value is -0.590. The van der Waals surface area contributed by atoms with Crippen molar-refractivity contribution in [1.82, 2.24) is 0 Å². The quantitative estimate of drug-likeness (QED) is 0.858. The highest BCUT2D eigenvalue weighted by Crippen LogP contribution is 2.41. The van der Waals surface area contributed by atoms with Gasteiger partial charge in [-0.15, -0.1) is 11.8 Å². The molecule has 0 unspecified atom stereocenters. The van der Waals surface area contributed by atoms with Gasteiger partial charge in [0.15, 0.2) is 12.1 Å². The molecule has 4 atom stereocenters. The van der Waals surface area contributed by atoms with Gasteiger partial charge in [0.1, 0.15) is 12.2 Å². The molecule has 1 aromatic rings. The van der Waals surface area contributed by atoms with Gasteiger partial charge in [0.25, 0.3) is 0 Å². The molecule has 2 aliphatic rings. The summed E-state index contributed by atoms with van der Waals surface area (Å²) in [4.78, 5) is 1.19. The van der Waals surface area contributed by atoms with Gasteiger partial charge in [-0.2, -0.15) is 0 Å². The number of thioether (sulfide) groups is 1. The lowest BCUT2D eigenvalue weighted by Gasteiger charge is -2.36. The standard InChI is InChI=1S/C16H22O4S/c1-10-5-7-11(8-6-10)21-14-13-12(9-18-15(14)17-4)19-16(2,3)20-13/h5-8,12-15H,9H2,1-4H3/t12-,13-,14+,15-/m1/s1. The van der Waals surface area contributed by atoms with Crippen LogP contribution in [-0.4, -0.2) is 43.3 Å². The minimum absolute atomic E-state index is 0.0231. The van der Waals surface area contributed by atoms with E-state index in [1.165, 1.54) is 10.5 Å². The van der Waals surface area contributed by atoms with E-state index in [-0.39, 0.29) is 23.7 Å². The molecule has 0 amide bonds. The summed E-state index contributed by atoms with van der Waals surface area (Å²) in [5.74, 6) is -0.562. The second-order valence-corrected chi connectivity index (χ2v) is 7.22. The van der Waals surface area contributed by atoms with Crippen LogP contribution in [0, 0.1) is 6.92 Å². The minimum Gasteiger partial charge on any atom is -0.355 e. The molecule has 3 rings (SSSR count). The molecule has 0 bridgehead atoms. The predicted octanol–water partition coefficient (Wildman–Crippen LogP) is 2.98. The highest BCUT2D eigenvalue weighted by atomic mass is 32.2.